The van der Waals surface area contributed by atoms with Crippen LogP contribution < -0.4 is 16.1 Å². The van der Waals surface area contributed by atoms with Gasteiger partial charge in [0.1, 0.15) is 5.82 Å². The Kier molecular flexibility index (Phi) is 27.2. The van der Waals surface area contributed by atoms with Crippen molar-refractivity contribution in [2.75, 3.05) is 38.3 Å². The third-order valence-electron chi connectivity index (χ3n) is 5.85. The molecule has 0 unspecified atom stereocenters. The molecule has 14 nitrogen and oxygen atoms in total. The number of amides is 1. The van der Waals surface area contributed by atoms with Crippen molar-refractivity contribution >= 4 is 23.7 Å². The first kappa shape index (κ1) is 42.1. The fourth-order valence-electron chi connectivity index (χ4n) is 3.26. The Morgan fingerprint density at radius 2 is 1.35 bits per heavy atom. The van der Waals surface area contributed by atoms with Crippen LogP contribution in [0.15, 0.2) is 48.9 Å². The van der Waals surface area contributed by atoms with Gasteiger partial charge in [0.2, 0.25) is 0 Å². The second-order valence-electron chi connectivity index (χ2n) is 9.31. The zero-order chi connectivity index (χ0) is 31.5. The zero-order valence-corrected chi connectivity index (χ0v) is 26.1. The minimum absolute atomic E-state index is 0. The van der Waals surface area contributed by atoms with E-state index in [0.29, 0.717) is 17.9 Å². The van der Waals surface area contributed by atoms with E-state index in [-0.39, 0.29) is 32.4 Å². The van der Waals surface area contributed by atoms with Gasteiger partial charge in [-0.1, -0.05) is 44.6 Å². The van der Waals surface area contributed by atoms with E-state index < -0.39 is 43.8 Å². The minimum Gasteiger partial charge on any atom is -0.585 e. The van der Waals surface area contributed by atoms with E-state index in [4.69, 9.17) is 31.4 Å². The number of hydrogen-bond donors (Lipinski definition) is 8. The van der Waals surface area contributed by atoms with Crippen LogP contribution in [0.5, 0.6) is 0 Å². The molecule has 0 atom stereocenters. The van der Waals surface area contributed by atoms with E-state index in [0.717, 1.165) is 51.4 Å². The minimum atomic E-state index is -1.31. The fourth-order valence-corrected chi connectivity index (χ4v) is 3.26. The summed E-state index contributed by atoms with van der Waals surface area (Å²) in [7, 11) is 0. The second-order valence-corrected chi connectivity index (χ2v) is 9.31. The smallest absolute Gasteiger partial charge is 0.317 e. The number of aliphatic carboxylic acids is 2. The van der Waals surface area contributed by atoms with Gasteiger partial charge in [-0.15, -0.1) is 0 Å². The number of anilines is 1. The first-order valence-corrected chi connectivity index (χ1v) is 13.8. The van der Waals surface area contributed by atoms with E-state index in [9.17, 15) is 14.4 Å². The first-order valence-electron chi connectivity index (χ1n) is 13.8. The van der Waals surface area contributed by atoms with Gasteiger partial charge >= 0.3 is 11.9 Å². The molecule has 15 heteroatoms. The molecule has 2 aromatic rings. The van der Waals surface area contributed by atoms with Crippen LogP contribution in [0.2, 0.25) is 0 Å². The number of nitrogens with zero attached hydrogens (tertiary/aromatic N) is 2. The SMILES string of the molecule is O=C(O)CNC(CO)(CO)CO.[NH-]Nc1ccc(C(=O)NCCCCCCCCCCC(=O)O)cn1.[Tc].c1ccncc1. The summed E-state index contributed by atoms with van der Waals surface area (Å²) < 4.78 is 0. The standard InChI is InChI=1S/C17H27N4O3.C6H13NO5.C5H5N.Tc/c18-21-15-11-10-14(13-20-15)17(24)19-12-8-6-4-2-1-3-5-7-9-16(22)23;8-2-6(3-9,4-10)7-1-5(11)12;1-2-4-6-5-3-1;/h10-11,13,18H,1-9,12H2,(H,22,23)(H2,19,20,21,24);7-10H,1-4H2,(H,11,12);1-5H;/q-1;;;. The molecule has 0 aliphatic carbocycles. The van der Waals surface area contributed by atoms with E-state index >= 15 is 0 Å². The number of rotatable bonds is 19. The van der Waals surface area contributed by atoms with Crippen molar-refractivity contribution in [3.63, 3.8) is 0 Å². The van der Waals surface area contributed by atoms with Crippen molar-refractivity contribution in [3.8, 4) is 0 Å². The summed E-state index contributed by atoms with van der Waals surface area (Å²) in [6, 6.07) is 8.95. The van der Waals surface area contributed by atoms with E-state index in [1.54, 1.807) is 24.5 Å². The van der Waals surface area contributed by atoms with Gasteiger partial charge in [0.15, 0.2) is 0 Å². The molecule has 0 saturated carbocycles. The number of carbonyl (C=O) groups excluding carboxylic acids is 1. The molecule has 2 aromatic heterocycles. The van der Waals surface area contributed by atoms with E-state index in [1.165, 1.54) is 6.20 Å². The zero-order valence-electron chi connectivity index (χ0n) is 24.3. The molecule has 243 valence electrons. The molecule has 0 aliphatic heterocycles. The number of carboxylic acids is 2. The topological polar surface area (TPSA) is 238 Å². The van der Waals surface area contributed by atoms with Gasteiger partial charge in [0.25, 0.3) is 5.91 Å². The van der Waals surface area contributed by atoms with Gasteiger partial charge in [-0.25, -0.2) is 4.98 Å². The van der Waals surface area contributed by atoms with Gasteiger partial charge in [-0.05, 0) is 37.1 Å². The van der Waals surface area contributed by atoms with E-state index in [1.807, 2.05) is 18.2 Å². The maximum absolute atomic E-state index is 11.9. The molecule has 9 N–H and O–H groups in total. The van der Waals surface area contributed by atoms with Crippen LogP contribution in [0.1, 0.15) is 68.1 Å². The Morgan fingerprint density at radius 1 is 0.791 bits per heavy atom. The molecule has 0 aromatic carbocycles. The second kappa shape index (κ2) is 27.8. The predicted octanol–water partition coefficient (Wildman–Crippen LogP) is 2.24. The number of nitrogens with one attached hydrogen (secondary N) is 4. The molecule has 1 radical (unpaired) electrons. The molecular formula is C28H45N6O8Tc-. The van der Waals surface area contributed by atoms with Gasteiger partial charge in [-0.3, -0.25) is 24.7 Å². The van der Waals surface area contributed by atoms with Crippen LogP contribution in [-0.4, -0.2) is 91.8 Å². The van der Waals surface area contributed by atoms with Gasteiger partial charge < -0.3 is 42.1 Å². The van der Waals surface area contributed by atoms with Crippen LogP contribution in [0.4, 0.5) is 5.82 Å². The van der Waals surface area contributed by atoms with Gasteiger partial charge in [0, 0.05) is 51.7 Å². The summed E-state index contributed by atoms with van der Waals surface area (Å²) in [5, 5.41) is 48.1. The molecule has 0 aliphatic rings. The van der Waals surface area contributed by atoms with Crippen molar-refractivity contribution in [2.45, 2.75) is 63.3 Å². The number of carboxylic acid groups (broad SMARTS) is 2. The summed E-state index contributed by atoms with van der Waals surface area (Å²) in [6.45, 7) is -1.33. The normalized spacial score (nSPS) is 10.1. The maximum atomic E-state index is 11.9. The third-order valence-corrected chi connectivity index (χ3v) is 5.85. The third kappa shape index (κ3) is 23.1. The molecule has 1 amide bonds. The Hall–Kier alpha value is -3.04. The Morgan fingerprint density at radius 3 is 1.74 bits per heavy atom. The average molecular weight is 692 g/mol. The van der Waals surface area contributed by atoms with Gasteiger partial charge in [0.05, 0.1) is 37.5 Å². The summed E-state index contributed by atoms with van der Waals surface area (Å²) in [5.74, 6) is 5.38. The van der Waals surface area contributed by atoms with Crippen molar-refractivity contribution in [1.29, 1.82) is 0 Å². The van der Waals surface area contributed by atoms with Crippen LogP contribution in [-0.2, 0) is 29.7 Å². The molecule has 0 fully saturated rings. The molecule has 0 bridgehead atoms. The number of unbranched alkanes of at least 4 members (excludes halogenated alkanes) is 7. The maximum Gasteiger partial charge on any atom is 0.317 e. The number of aliphatic hydroxyl groups excluding tert-OH is 3. The monoisotopic (exact) mass is 690 g/mol. The number of carbonyl (C=O) groups is 3. The summed E-state index contributed by atoms with van der Waals surface area (Å²) in [5.41, 5.74) is 1.36. The molecule has 2 heterocycles. The Labute approximate surface area is 265 Å². The molecule has 0 spiro atoms. The van der Waals surface area contributed by atoms with Crippen molar-refractivity contribution in [3.05, 3.63) is 60.3 Å². The number of aliphatic hydroxyl groups is 3. The summed E-state index contributed by atoms with van der Waals surface area (Å²) in [4.78, 5) is 40.0. The van der Waals surface area contributed by atoms with Gasteiger partial charge in [-0.2, -0.15) is 0 Å². The molecule has 0 saturated heterocycles. The quantitative estimate of drug-likeness (QED) is 0.0782. The average Bonchev–Trinajstić information content (AvgIpc) is 3.02. The van der Waals surface area contributed by atoms with Crippen molar-refractivity contribution in [1.82, 2.24) is 20.6 Å². The first-order chi connectivity index (χ1) is 20.2. The fraction of sp³-hybridized carbons (Fsp3) is 0.536. The van der Waals surface area contributed by atoms with Crippen LogP contribution in [0, 0.1) is 0 Å². The van der Waals surface area contributed by atoms with Crippen LogP contribution in [0.25, 0.3) is 5.84 Å². The van der Waals surface area contributed by atoms with Crippen LogP contribution >= 0.6 is 0 Å². The summed E-state index contributed by atoms with van der Waals surface area (Å²) in [6.07, 6.45) is 13.6. The van der Waals surface area contributed by atoms with Crippen LogP contribution in [0.3, 0.4) is 0 Å². The summed E-state index contributed by atoms with van der Waals surface area (Å²) >= 11 is 0. The Bertz CT molecular complexity index is 935. The van der Waals surface area contributed by atoms with Crippen molar-refractivity contribution < 1.29 is 60.0 Å². The Balaban J connectivity index is 0. The number of aromatic nitrogens is 2. The molecular weight excluding hydrogens is 646 g/mol. The van der Waals surface area contributed by atoms with Crippen molar-refractivity contribution in [2.24, 2.45) is 0 Å². The molecule has 2 rings (SSSR count). The largest absolute Gasteiger partial charge is 0.585 e. The predicted molar refractivity (Wildman–Crippen MR) is 158 cm³/mol. The number of pyridine rings is 2. The number of hydrogen-bond acceptors (Lipinski definition) is 10. The molecule has 43 heavy (non-hydrogen) atoms. The van der Waals surface area contributed by atoms with E-state index in [2.05, 4.69) is 26.0 Å².